The molecule has 4 heterocycles. The van der Waals surface area contributed by atoms with E-state index in [4.69, 9.17) is 10.5 Å². The van der Waals surface area contributed by atoms with Crippen molar-refractivity contribution < 1.29 is 28.7 Å². The highest BCUT2D eigenvalue weighted by atomic mass is 16.6. The molecule has 1 aliphatic carbocycles. The van der Waals surface area contributed by atoms with Crippen LogP contribution in [0.2, 0.25) is 0 Å². The summed E-state index contributed by atoms with van der Waals surface area (Å²) in [4.78, 5) is 69.4. The number of hydrogen-bond acceptors (Lipinski definition) is 8. The van der Waals surface area contributed by atoms with Crippen LogP contribution in [-0.2, 0) is 19.1 Å². The maximum atomic E-state index is 13.5. The maximum Gasteiger partial charge on any atom is 0.407 e. The molecule has 0 radical (unpaired) electrons. The highest BCUT2D eigenvalue weighted by molar-refractivity contribution is 5.86. The van der Waals surface area contributed by atoms with Crippen molar-refractivity contribution in [2.24, 2.45) is 11.7 Å². The molecule has 2 aliphatic heterocycles. The molecule has 1 saturated carbocycles. The van der Waals surface area contributed by atoms with Gasteiger partial charge in [-0.3, -0.25) is 9.59 Å². The third kappa shape index (κ3) is 7.10. The molecule has 7 rings (SSSR count). The molecular weight excluding hydrogens is 664 g/mol. The molecule has 3 aliphatic rings. The van der Waals surface area contributed by atoms with Gasteiger partial charge >= 0.3 is 12.2 Å². The first-order valence-electron chi connectivity index (χ1n) is 17.9. The molecule has 272 valence electrons. The monoisotopic (exact) mass is 708 g/mol. The number of nitrogens with two attached hydrogens (primary N) is 1. The SMILES string of the molecule is COC(=O)N[C@@H](C)C(=O)N1CCC[C@H]1c1ncc(-c2ccc(-c3ccc(-c4cnc([C@@H]5CCCN5C(=O)[C@@H]5CCC[C@H]5OC(N)=O)[nH]4)cc3)cc2)[nH]1. The summed E-state index contributed by atoms with van der Waals surface area (Å²) in [7, 11) is 1.27. The number of methoxy groups -OCH3 is 1. The van der Waals surface area contributed by atoms with Crippen LogP contribution in [0.1, 0.15) is 75.6 Å². The van der Waals surface area contributed by atoms with Gasteiger partial charge in [-0.25, -0.2) is 19.6 Å². The molecule has 4 aromatic rings. The molecule has 52 heavy (non-hydrogen) atoms. The van der Waals surface area contributed by atoms with Crippen LogP contribution in [0.4, 0.5) is 9.59 Å². The second-order valence-corrected chi connectivity index (χ2v) is 13.8. The Kier molecular flexibility index (Phi) is 9.97. The standard InChI is InChI=1S/C38H44N8O6/c1-22(42-38(50)51-2)35(47)45-18-4-7-30(45)33-40-20-28(43-33)25-14-10-23(11-15-25)24-12-16-26(17-13-24)29-21-41-34(44-29)31-8-5-19-46(31)36(48)27-6-3-9-32(27)52-37(39)49/h10-17,20-22,27,30-32H,3-9,18-19H2,1-2H3,(H2,39,49)(H,40,43)(H,41,44)(H,42,50)/t22-,27+,30-,31-,32+/m0/s1. The fraction of sp³-hybridized carbons (Fsp3) is 0.421. The van der Waals surface area contributed by atoms with Gasteiger partial charge in [-0.2, -0.15) is 0 Å². The van der Waals surface area contributed by atoms with Crippen molar-refractivity contribution in [2.75, 3.05) is 20.2 Å². The summed E-state index contributed by atoms with van der Waals surface area (Å²) in [5.41, 5.74) is 11.1. The Balaban J connectivity index is 0.988. The lowest BCUT2D eigenvalue weighted by Crippen LogP contribution is -2.46. The van der Waals surface area contributed by atoms with Gasteiger partial charge in [0.2, 0.25) is 11.8 Å². The van der Waals surface area contributed by atoms with Crippen LogP contribution in [0.25, 0.3) is 33.6 Å². The van der Waals surface area contributed by atoms with Crippen molar-refractivity contribution in [1.29, 1.82) is 0 Å². The summed E-state index contributed by atoms with van der Waals surface area (Å²) in [5.74, 6) is 0.937. The number of rotatable bonds is 9. The number of primary amides is 1. The second-order valence-electron chi connectivity index (χ2n) is 13.8. The molecule has 2 aromatic carbocycles. The van der Waals surface area contributed by atoms with Crippen LogP contribution in [-0.4, -0.2) is 86.1 Å². The number of hydrogen-bond donors (Lipinski definition) is 4. The van der Waals surface area contributed by atoms with E-state index in [0.29, 0.717) is 25.9 Å². The fourth-order valence-corrected chi connectivity index (χ4v) is 7.88. The maximum absolute atomic E-state index is 13.5. The molecule has 0 bridgehead atoms. The van der Waals surface area contributed by atoms with E-state index in [1.165, 1.54) is 7.11 Å². The fourth-order valence-electron chi connectivity index (χ4n) is 7.88. The van der Waals surface area contributed by atoms with E-state index in [1.54, 1.807) is 18.0 Å². The normalized spacial score (nSPS) is 22.0. The first-order chi connectivity index (χ1) is 25.2. The summed E-state index contributed by atoms with van der Waals surface area (Å²) < 4.78 is 9.90. The Morgan fingerprint density at radius 2 is 1.29 bits per heavy atom. The van der Waals surface area contributed by atoms with E-state index >= 15 is 0 Å². The number of ether oxygens (including phenoxy) is 2. The average molecular weight is 709 g/mol. The summed E-state index contributed by atoms with van der Waals surface area (Å²) in [6.45, 7) is 2.89. The topological polar surface area (TPSA) is 189 Å². The highest BCUT2D eigenvalue weighted by Crippen LogP contribution is 2.38. The summed E-state index contributed by atoms with van der Waals surface area (Å²) in [6.07, 6.45) is 7.16. The summed E-state index contributed by atoms with van der Waals surface area (Å²) in [5, 5.41) is 2.56. The minimum Gasteiger partial charge on any atom is -0.453 e. The number of benzene rings is 2. The third-order valence-electron chi connectivity index (χ3n) is 10.5. The predicted octanol–water partition coefficient (Wildman–Crippen LogP) is 5.47. The highest BCUT2D eigenvalue weighted by Gasteiger charge is 2.42. The van der Waals surface area contributed by atoms with E-state index in [1.807, 2.05) is 23.2 Å². The van der Waals surface area contributed by atoms with Gasteiger partial charge in [0.05, 0.1) is 48.9 Å². The van der Waals surface area contributed by atoms with Crippen LogP contribution in [0.5, 0.6) is 0 Å². The van der Waals surface area contributed by atoms with E-state index in [0.717, 1.165) is 77.4 Å². The number of nitrogens with zero attached hydrogens (tertiary/aromatic N) is 4. The van der Waals surface area contributed by atoms with Crippen molar-refractivity contribution in [3.63, 3.8) is 0 Å². The Hall–Kier alpha value is -5.66. The Morgan fingerprint density at radius 1 is 0.769 bits per heavy atom. The Labute approximate surface area is 301 Å². The minimum atomic E-state index is -0.837. The molecular formula is C38H44N8O6. The summed E-state index contributed by atoms with van der Waals surface area (Å²) in [6, 6.07) is 15.4. The van der Waals surface area contributed by atoms with E-state index < -0.39 is 24.3 Å². The first kappa shape index (κ1) is 34.8. The lowest BCUT2D eigenvalue weighted by atomic mass is 10.0. The number of alkyl carbamates (subject to hydrolysis) is 1. The number of carbonyl (C=O) groups excluding carboxylic acids is 4. The number of imidazole rings is 2. The van der Waals surface area contributed by atoms with Crippen LogP contribution in [0.15, 0.2) is 60.9 Å². The van der Waals surface area contributed by atoms with Crippen molar-refractivity contribution >= 4 is 24.0 Å². The largest absolute Gasteiger partial charge is 0.453 e. The molecule has 3 fully saturated rings. The molecule has 0 spiro atoms. The Bertz CT molecular complexity index is 1920. The van der Waals surface area contributed by atoms with Gasteiger partial charge in [-0.15, -0.1) is 0 Å². The van der Waals surface area contributed by atoms with Crippen molar-refractivity contribution in [1.82, 2.24) is 35.1 Å². The van der Waals surface area contributed by atoms with E-state index in [9.17, 15) is 19.2 Å². The zero-order valence-electron chi connectivity index (χ0n) is 29.3. The van der Waals surface area contributed by atoms with Crippen LogP contribution < -0.4 is 11.1 Å². The van der Waals surface area contributed by atoms with Gasteiger partial charge in [0.1, 0.15) is 23.8 Å². The zero-order chi connectivity index (χ0) is 36.4. The number of amides is 4. The van der Waals surface area contributed by atoms with Crippen molar-refractivity contribution in [3.05, 3.63) is 72.6 Å². The second kappa shape index (κ2) is 14.9. The number of likely N-dealkylation sites (tertiary alicyclic amines) is 2. The van der Waals surface area contributed by atoms with Gasteiger partial charge in [-0.1, -0.05) is 48.5 Å². The molecule has 0 unspecified atom stereocenters. The van der Waals surface area contributed by atoms with Crippen molar-refractivity contribution in [2.45, 2.75) is 76.1 Å². The van der Waals surface area contributed by atoms with E-state index in [-0.39, 0.29) is 29.8 Å². The van der Waals surface area contributed by atoms with Gasteiger partial charge in [0.25, 0.3) is 0 Å². The molecule has 4 amide bonds. The molecule has 5 N–H and O–H groups in total. The van der Waals surface area contributed by atoms with Crippen LogP contribution >= 0.6 is 0 Å². The molecule has 5 atom stereocenters. The Morgan fingerprint density at radius 3 is 1.83 bits per heavy atom. The van der Waals surface area contributed by atoms with Crippen molar-refractivity contribution in [3.8, 4) is 33.6 Å². The van der Waals surface area contributed by atoms with Crippen LogP contribution in [0.3, 0.4) is 0 Å². The third-order valence-corrected chi connectivity index (χ3v) is 10.5. The molecule has 14 nitrogen and oxygen atoms in total. The average Bonchev–Trinajstić information content (AvgIpc) is 4.00. The van der Waals surface area contributed by atoms with Gasteiger partial charge in [0, 0.05) is 13.1 Å². The number of H-pyrrole nitrogens is 2. The van der Waals surface area contributed by atoms with Gasteiger partial charge < -0.3 is 40.3 Å². The van der Waals surface area contributed by atoms with Gasteiger partial charge in [0.15, 0.2) is 0 Å². The molecule has 2 saturated heterocycles. The van der Waals surface area contributed by atoms with Crippen LogP contribution in [0, 0.1) is 5.92 Å². The predicted molar refractivity (Wildman–Crippen MR) is 191 cm³/mol. The number of nitrogens with one attached hydrogen (secondary N) is 3. The quantitative estimate of drug-likeness (QED) is 0.176. The lowest BCUT2D eigenvalue weighted by Gasteiger charge is -2.28. The molecule has 2 aromatic heterocycles. The summed E-state index contributed by atoms with van der Waals surface area (Å²) >= 11 is 0. The smallest absolute Gasteiger partial charge is 0.407 e. The minimum absolute atomic E-state index is 0.000923. The number of carbonyl (C=O) groups is 4. The van der Waals surface area contributed by atoms with E-state index in [2.05, 4.69) is 66.4 Å². The zero-order valence-corrected chi connectivity index (χ0v) is 29.3. The molecule has 14 heteroatoms. The number of aromatic nitrogens is 4. The lowest BCUT2D eigenvalue weighted by molar-refractivity contribution is -0.139. The number of aromatic amines is 2. The van der Waals surface area contributed by atoms with Gasteiger partial charge in [-0.05, 0) is 74.1 Å². The first-order valence-corrected chi connectivity index (χ1v) is 17.9.